The molecular weight excluding hydrogens is 246 g/mol. The van der Waals surface area contributed by atoms with E-state index in [1.54, 1.807) is 0 Å². The van der Waals surface area contributed by atoms with E-state index in [0.29, 0.717) is 0 Å². The van der Waals surface area contributed by atoms with Crippen LogP contribution in [0.4, 0.5) is 13.2 Å². The number of rotatable bonds is 4. The molecule has 0 amide bonds. The SMILES string of the molecule is [K+].[K+].[O-]B([O-])OC(F)CC(O)(F)F. The molecule has 0 aromatic rings. The van der Waals surface area contributed by atoms with Crippen molar-refractivity contribution in [1.82, 2.24) is 0 Å². The Hall–Kier alpha value is 2.97. The molecule has 1 atom stereocenters. The van der Waals surface area contributed by atoms with E-state index >= 15 is 0 Å². The van der Waals surface area contributed by atoms with Gasteiger partial charge in [-0.2, -0.15) is 8.78 Å². The van der Waals surface area contributed by atoms with Crippen molar-refractivity contribution in [3.8, 4) is 0 Å². The molecule has 0 heterocycles. The number of hydrogen-bond donors (Lipinski definition) is 1. The van der Waals surface area contributed by atoms with E-state index in [0.717, 1.165) is 0 Å². The second kappa shape index (κ2) is 10.1. The predicted octanol–water partition coefficient (Wildman–Crippen LogP) is -8.01. The first-order valence-corrected chi connectivity index (χ1v) is 2.52. The Kier molecular flexibility index (Phi) is 16.6. The number of alkyl halides is 3. The molecule has 0 fully saturated rings. The van der Waals surface area contributed by atoms with Crippen molar-refractivity contribution < 1.29 is 136 Å². The van der Waals surface area contributed by atoms with Crippen LogP contribution in [0.1, 0.15) is 6.42 Å². The second-order valence-electron chi connectivity index (χ2n) is 1.70. The molecule has 0 spiro atoms. The Morgan fingerprint density at radius 1 is 1.38 bits per heavy atom. The largest absolute Gasteiger partial charge is 1.00 e. The Morgan fingerprint density at radius 2 is 1.77 bits per heavy atom. The van der Waals surface area contributed by atoms with Gasteiger partial charge in [-0.25, -0.2) is 4.39 Å². The quantitative estimate of drug-likeness (QED) is 0.503. The molecule has 1 N–H and O–H groups in total. The fraction of sp³-hybridized carbons (Fsp3) is 1.00. The Labute approximate surface area is 158 Å². The molecule has 10 heteroatoms. The predicted molar refractivity (Wildman–Crippen MR) is 23.5 cm³/mol. The van der Waals surface area contributed by atoms with E-state index in [2.05, 4.69) is 4.65 Å². The van der Waals surface area contributed by atoms with E-state index in [1.165, 1.54) is 0 Å². The molecule has 0 aliphatic carbocycles. The van der Waals surface area contributed by atoms with Crippen LogP contribution in [0.15, 0.2) is 0 Å². The van der Waals surface area contributed by atoms with Crippen LogP contribution in [0.3, 0.4) is 0 Å². The molecule has 0 rings (SSSR count). The molecule has 66 valence electrons. The van der Waals surface area contributed by atoms with E-state index in [1.807, 2.05) is 0 Å². The third-order valence-electron chi connectivity index (χ3n) is 0.665. The first-order valence-electron chi connectivity index (χ1n) is 2.52. The summed E-state index contributed by atoms with van der Waals surface area (Å²) in [7, 11) is -2.97. The molecule has 0 bridgehead atoms. The van der Waals surface area contributed by atoms with E-state index < -0.39 is 26.2 Å². The van der Waals surface area contributed by atoms with Crippen LogP contribution in [0.25, 0.3) is 0 Å². The van der Waals surface area contributed by atoms with Gasteiger partial charge in [-0.05, 0) is 0 Å². The minimum Gasteiger partial charge on any atom is -0.871 e. The topological polar surface area (TPSA) is 75.6 Å². The van der Waals surface area contributed by atoms with Crippen LogP contribution < -0.4 is 113 Å². The van der Waals surface area contributed by atoms with Gasteiger partial charge in [0.05, 0.1) is 13.7 Å². The summed E-state index contributed by atoms with van der Waals surface area (Å²) in [6.07, 6.45) is -8.72. The molecule has 0 saturated heterocycles. The molecule has 0 radical (unpaired) electrons. The summed E-state index contributed by atoms with van der Waals surface area (Å²) >= 11 is 0. The van der Waals surface area contributed by atoms with Crippen molar-refractivity contribution in [3.05, 3.63) is 0 Å². The van der Waals surface area contributed by atoms with E-state index in [9.17, 15) is 23.2 Å². The standard InChI is InChI=1S/C3H4BF3O4.2K/c5-2(11-4(9)10)1-3(6,7)8;;/h2,8H,1H2;;/q-2;2*+1. The van der Waals surface area contributed by atoms with Crippen molar-refractivity contribution in [2.75, 3.05) is 0 Å². The number of hydrogen-bond acceptors (Lipinski definition) is 4. The summed E-state index contributed by atoms with van der Waals surface area (Å²) in [5, 5.41) is 26.6. The fourth-order valence-corrected chi connectivity index (χ4v) is 0.362. The van der Waals surface area contributed by atoms with Crippen LogP contribution in [0.5, 0.6) is 0 Å². The zero-order valence-corrected chi connectivity index (χ0v) is 13.4. The number of halogens is 3. The minimum atomic E-state index is -4.27. The van der Waals surface area contributed by atoms with Crippen molar-refractivity contribution in [1.29, 1.82) is 0 Å². The van der Waals surface area contributed by atoms with Gasteiger partial charge in [-0.1, -0.05) is 0 Å². The van der Waals surface area contributed by atoms with Gasteiger partial charge in [0.25, 0.3) is 0 Å². The maximum absolute atomic E-state index is 11.9. The molecule has 0 aromatic heterocycles. The van der Waals surface area contributed by atoms with Crippen molar-refractivity contribution in [3.63, 3.8) is 0 Å². The maximum Gasteiger partial charge on any atom is 1.00 e. The summed E-state index contributed by atoms with van der Waals surface area (Å²) < 4.78 is 38.0. The number of aliphatic hydroxyl groups is 1. The summed E-state index contributed by atoms with van der Waals surface area (Å²) in [6.45, 7) is 0. The summed E-state index contributed by atoms with van der Waals surface area (Å²) in [5.41, 5.74) is 0. The molecule has 0 aliphatic heterocycles. The molecule has 0 aromatic carbocycles. The van der Waals surface area contributed by atoms with Crippen LogP contribution >= 0.6 is 0 Å². The van der Waals surface area contributed by atoms with Crippen LogP contribution in [-0.4, -0.2) is 24.9 Å². The maximum atomic E-state index is 11.9. The van der Waals surface area contributed by atoms with Crippen molar-refractivity contribution >= 4 is 7.32 Å². The van der Waals surface area contributed by atoms with E-state index in [-0.39, 0.29) is 103 Å². The molecule has 0 saturated carbocycles. The van der Waals surface area contributed by atoms with Crippen LogP contribution in [0, 0.1) is 0 Å². The third kappa shape index (κ3) is 17.6. The average molecular weight is 250 g/mol. The Bertz CT molecular complexity index is 124. The second-order valence-corrected chi connectivity index (χ2v) is 1.70. The molecular formula is C3H4BF3K2O4. The minimum absolute atomic E-state index is 0. The van der Waals surface area contributed by atoms with Crippen LogP contribution in [0.2, 0.25) is 0 Å². The first-order chi connectivity index (χ1) is 4.81. The van der Waals surface area contributed by atoms with Gasteiger partial charge in [0.1, 0.15) is 0 Å². The summed E-state index contributed by atoms with van der Waals surface area (Å²) in [5.74, 6) is 0. The fourth-order valence-electron chi connectivity index (χ4n) is 0.362. The van der Waals surface area contributed by atoms with Gasteiger partial charge < -0.3 is 19.8 Å². The van der Waals surface area contributed by atoms with Crippen molar-refractivity contribution in [2.45, 2.75) is 18.9 Å². The monoisotopic (exact) mass is 250 g/mol. The van der Waals surface area contributed by atoms with Gasteiger partial charge in [-0.3, -0.25) is 0 Å². The Morgan fingerprint density at radius 3 is 2.00 bits per heavy atom. The average Bonchev–Trinajstić information content (AvgIpc) is 1.53. The van der Waals surface area contributed by atoms with Gasteiger partial charge >= 0.3 is 109 Å². The molecule has 1 unspecified atom stereocenters. The van der Waals surface area contributed by atoms with Gasteiger partial charge in [0.2, 0.25) is 0 Å². The van der Waals surface area contributed by atoms with Gasteiger partial charge in [0, 0.05) is 0 Å². The third-order valence-corrected chi connectivity index (χ3v) is 0.665. The van der Waals surface area contributed by atoms with Crippen LogP contribution in [-0.2, 0) is 4.65 Å². The zero-order chi connectivity index (χ0) is 9.07. The summed E-state index contributed by atoms with van der Waals surface area (Å²) in [6, 6.07) is 0. The normalized spacial score (nSPS) is 12.5. The zero-order valence-electron chi connectivity index (χ0n) is 7.17. The molecule has 4 nitrogen and oxygen atoms in total. The first kappa shape index (κ1) is 21.3. The van der Waals surface area contributed by atoms with Gasteiger partial charge in [0.15, 0.2) is 6.36 Å². The molecule has 0 aliphatic rings. The van der Waals surface area contributed by atoms with Gasteiger partial charge in [-0.15, -0.1) is 0 Å². The Balaban J connectivity index is -0.000000500. The van der Waals surface area contributed by atoms with E-state index in [4.69, 9.17) is 5.11 Å². The summed E-state index contributed by atoms with van der Waals surface area (Å²) in [4.78, 5) is 0. The van der Waals surface area contributed by atoms with Crippen molar-refractivity contribution in [2.24, 2.45) is 0 Å². The molecule has 13 heavy (non-hydrogen) atoms. The smallest absolute Gasteiger partial charge is 0.871 e.